The van der Waals surface area contributed by atoms with Gasteiger partial charge in [0.2, 0.25) is 0 Å². The number of ether oxygens (including phenoxy) is 1. The first-order chi connectivity index (χ1) is 15.4. The van der Waals surface area contributed by atoms with Crippen molar-refractivity contribution in [3.05, 3.63) is 84.5 Å². The summed E-state index contributed by atoms with van der Waals surface area (Å²) in [5.74, 6) is 0.833. The molecule has 4 rings (SSSR count). The van der Waals surface area contributed by atoms with E-state index in [1.165, 1.54) is 11.3 Å². The number of piperazine rings is 1. The van der Waals surface area contributed by atoms with Crippen molar-refractivity contribution >= 4 is 52.0 Å². The number of halogens is 3. The van der Waals surface area contributed by atoms with E-state index in [0.29, 0.717) is 36.3 Å². The lowest BCUT2D eigenvalue weighted by Crippen LogP contribution is -2.48. The van der Waals surface area contributed by atoms with Gasteiger partial charge in [0.05, 0.1) is 4.88 Å². The average molecular weight is 510 g/mol. The lowest BCUT2D eigenvalue weighted by atomic mass is 10.2. The number of nitrogens with zero attached hydrogens (tertiary/aromatic N) is 2. The molecule has 1 amide bonds. The van der Waals surface area contributed by atoms with E-state index in [1.54, 1.807) is 0 Å². The Labute approximate surface area is 207 Å². The molecule has 8 heteroatoms. The zero-order chi connectivity index (χ0) is 22.7. The van der Waals surface area contributed by atoms with E-state index < -0.39 is 0 Å². The standard InChI is InChI=1S/C24H23Cl3N2O2S/c1-16-11-18(5-6-20(16)25)31-14-17-12-23(32-15-17)24(30)29-9-7-28(8-10-29)13-19-21(26)3-2-4-22(19)27/h2-6,11-12,15H,7-10,13-14H2,1H3. The van der Waals surface area contributed by atoms with Gasteiger partial charge < -0.3 is 9.64 Å². The molecule has 0 bridgehead atoms. The van der Waals surface area contributed by atoms with Crippen LogP contribution in [-0.4, -0.2) is 41.9 Å². The molecule has 0 N–H and O–H groups in total. The van der Waals surface area contributed by atoms with Gasteiger partial charge >= 0.3 is 0 Å². The summed E-state index contributed by atoms with van der Waals surface area (Å²) < 4.78 is 5.85. The van der Waals surface area contributed by atoms with Crippen LogP contribution in [0.3, 0.4) is 0 Å². The quantitative estimate of drug-likeness (QED) is 0.377. The van der Waals surface area contributed by atoms with Crippen molar-refractivity contribution in [3.63, 3.8) is 0 Å². The van der Waals surface area contributed by atoms with Gasteiger partial charge in [0.1, 0.15) is 12.4 Å². The lowest BCUT2D eigenvalue weighted by Gasteiger charge is -2.34. The predicted octanol–water partition coefficient (Wildman–Crippen LogP) is 6.55. The topological polar surface area (TPSA) is 32.8 Å². The molecule has 0 unspecified atom stereocenters. The van der Waals surface area contributed by atoms with Crippen LogP contribution in [-0.2, 0) is 13.2 Å². The Morgan fingerprint density at radius 2 is 1.72 bits per heavy atom. The maximum absolute atomic E-state index is 13.0. The fourth-order valence-electron chi connectivity index (χ4n) is 3.61. The van der Waals surface area contributed by atoms with Crippen molar-refractivity contribution in [3.8, 4) is 5.75 Å². The van der Waals surface area contributed by atoms with Crippen molar-refractivity contribution in [1.82, 2.24) is 9.80 Å². The molecule has 1 aliphatic rings. The highest BCUT2D eigenvalue weighted by Crippen LogP contribution is 2.27. The first-order valence-corrected chi connectivity index (χ1v) is 12.3. The monoisotopic (exact) mass is 508 g/mol. The van der Waals surface area contributed by atoms with Crippen LogP contribution in [0.15, 0.2) is 47.8 Å². The predicted molar refractivity (Wildman–Crippen MR) is 132 cm³/mol. The maximum atomic E-state index is 13.0. The molecule has 1 aliphatic heterocycles. The molecule has 0 saturated carbocycles. The van der Waals surface area contributed by atoms with E-state index in [4.69, 9.17) is 39.5 Å². The van der Waals surface area contributed by atoms with E-state index in [0.717, 1.165) is 45.4 Å². The number of thiophene rings is 1. The van der Waals surface area contributed by atoms with Crippen LogP contribution in [0.1, 0.15) is 26.4 Å². The average Bonchev–Trinajstić information content (AvgIpc) is 3.26. The van der Waals surface area contributed by atoms with Crippen LogP contribution < -0.4 is 4.74 Å². The number of hydrogen-bond acceptors (Lipinski definition) is 4. The Bertz CT molecular complexity index is 1090. The van der Waals surface area contributed by atoms with Gasteiger partial charge in [0.25, 0.3) is 5.91 Å². The summed E-state index contributed by atoms with van der Waals surface area (Å²) in [6, 6.07) is 13.1. The Morgan fingerprint density at radius 1 is 1.00 bits per heavy atom. The van der Waals surface area contributed by atoms with Crippen LogP contribution in [0.4, 0.5) is 0 Å². The summed E-state index contributed by atoms with van der Waals surface area (Å²) in [5, 5.41) is 4.05. The number of carbonyl (C=O) groups is 1. The Kier molecular flexibility index (Phi) is 7.64. The van der Waals surface area contributed by atoms with Gasteiger partial charge in [-0.15, -0.1) is 11.3 Å². The molecule has 0 atom stereocenters. The van der Waals surface area contributed by atoms with Gasteiger partial charge in [-0.3, -0.25) is 9.69 Å². The fraction of sp³-hybridized carbons (Fsp3) is 0.292. The third-order valence-corrected chi connectivity index (χ3v) is 7.60. The van der Waals surface area contributed by atoms with E-state index in [2.05, 4.69) is 4.90 Å². The second kappa shape index (κ2) is 10.4. The van der Waals surface area contributed by atoms with Gasteiger partial charge in [-0.2, -0.15) is 0 Å². The van der Waals surface area contributed by atoms with Gasteiger partial charge in [0, 0.05) is 58.9 Å². The summed E-state index contributed by atoms with van der Waals surface area (Å²) in [5.41, 5.74) is 2.90. The number of carbonyl (C=O) groups excluding carboxylic acids is 1. The Morgan fingerprint density at radius 3 is 2.41 bits per heavy atom. The molecule has 1 fully saturated rings. The summed E-state index contributed by atoms with van der Waals surface area (Å²) in [7, 11) is 0. The van der Waals surface area contributed by atoms with Crippen molar-refractivity contribution in [2.24, 2.45) is 0 Å². The smallest absolute Gasteiger partial charge is 0.264 e. The minimum atomic E-state index is 0.0685. The SMILES string of the molecule is Cc1cc(OCc2csc(C(=O)N3CCN(Cc4c(Cl)cccc4Cl)CC3)c2)ccc1Cl. The number of benzene rings is 2. The molecule has 2 aromatic carbocycles. The molecule has 4 nitrogen and oxygen atoms in total. The third-order valence-electron chi connectivity index (χ3n) is 5.50. The van der Waals surface area contributed by atoms with Crippen LogP contribution in [0.5, 0.6) is 5.75 Å². The third kappa shape index (κ3) is 5.59. The highest BCUT2D eigenvalue weighted by Gasteiger charge is 2.24. The fourth-order valence-corrected chi connectivity index (χ4v) is 5.11. The summed E-state index contributed by atoms with van der Waals surface area (Å²) in [4.78, 5) is 17.9. The van der Waals surface area contributed by atoms with Crippen LogP contribution in [0.2, 0.25) is 15.1 Å². The molecule has 2 heterocycles. The van der Waals surface area contributed by atoms with Crippen molar-refractivity contribution < 1.29 is 9.53 Å². The molecule has 0 aliphatic carbocycles. The Balaban J connectivity index is 1.30. The zero-order valence-electron chi connectivity index (χ0n) is 17.6. The van der Waals surface area contributed by atoms with Crippen LogP contribution >= 0.6 is 46.1 Å². The maximum Gasteiger partial charge on any atom is 0.264 e. The summed E-state index contributed by atoms with van der Waals surface area (Å²) in [6.07, 6.45) is 0. The summed E-state index contributed by atoms with van der Waals surface area (Å²) in [6.45, 7) is 5.96. The number of hydrogen-bond donors (Lipinski definition) is 0. The normalized spacial score (nSPS) is 14.6. The molecule has 0 radical (unpaired) electrons. The molecule has 1 saturated heterocycles. The second-order valence-electron chi connectivity index (χ2n) is 7.79. The molecule has 3 aromatic rings. The molecule has 168 valence electrons. The molecule has 32 heavy (non-hydrogen) atoms. The molecular formula is C24H23Cl3N2O2S. The lowest BCUT2D eigenvalue weighted by molar-refractivity contribution is 0.0633. The first kappa shape index (κ1) is 23.4. The second-order valence-corrected chi connectivity index (χ2v) is 9.92. The Hall–Kier alpha value is -1.76. The summed E-state index contributed by atoms with van der Waals surface area (Å²) >= 11 is 20.1. The highest BCUT2D eigenvalue weighted by molar-refractivity contribution is 7.12. The number of aryl methyl sites for hydroxylation is 1. The molecular weight excluding hydrogens is 487 g/mol. The van der Waals surface area contributed by atoms with E-state index in [9.17, 15) is 4.79 Å². The number of rotatable bonds is 6. The van der Waals surface area contributed by atoms with E-state index >= 15 is 0 Å². The zero-order valence-corrected chi connectivity index (χ0v) is 20.7. The van der Waals surface area contributed by atoms with Gasteiger partial charge in [-0.1, -0.05) is 40.9 Å². The van der Waals surface area contributed by atoms with E-state index in [1.807, 2.05) is 59.7 Å². The molecule has 1 aromatic heterocycles. The van der Waals surface area contributed by atoms with Gasteiger partial charge in [-0.05, 0) is 54.3 Å². The van der Waals surface area contributed by atoms with Crippen LogP contribution in [0, 0.1) is 6.92 Å². The number of amides is 1. The van der Waals surface area contributed by atoms with Gasteiger partial charge in [0.15, 0.2) is 0 Å². The minimum Gasteiger partial charge on any atom is -0.489 e. The van der Waals surface area contributed by atoms with E-state index in [-0.39, 0.29) is 5.91 Å². The highest BCUT2D eigenvalue weighted by atomic mass is 35.5. The largest absolute Gasteiger partial charge is 0.489 e. The molecule has 0 spiro atoms. The minimum absolute atomic E-state index is 0.0685. The first-order valence-electron chi connectivity index (χ1n) is 10.3. The van der Waals surface area contributed by atoms with Crippen molar-refractivity contribution in [2.75, 3.05) is 26.2 Å². The van der Waals surface area contributed by atoms with Crippen molar-refractivity contribution in [2.45, 2.75) is 20.1 Å². The van der Waals surface area contributed by atoms with Crippen molar-refractivity contribution in [1.29, 1.82) is 0 Å². The van der Waals surface area contributed by atoms with Gasteiger partial charge in [-0.25, -0.2) is 0 Å². The van der Waals surface area contributed by atoms with Crippen LogP contribution in [0.25, 0.3) is 0 Å².